The van der Waals surface area contributed by atoms with Gasteiger partial charge in [0.05, 0.1) is 27.7 Å². The maximum Gasteiger partial charge on any atom is 0.247 e. The van der Waals surface area contributed by atoms with Gasteiger partial charge in [0.2, 0.25) is 5.91 Å². The number of carbonyl (C=O) groups excluding carboxylic acids is 1. The molecule has 1 aromatic carbocycles. The largest absolute Gasteiger partial charge is 0.320 e. The van der Waals surface area contributed by atoms with Crippen LogP contribution in [0.5, 0.6) is 0 Å². The molecule has 0 radical (unpaired) electrons. The zero-order valence-corrected chi connectivity index (χ0v) is 11.7. The molecule has 0 bridgehead atoms. The third-order valence-electron chi connectivity index (χ3n) is 2.59. The molecule has 0 aliphatic heterocycles. The molecule has 0 fully saturated rings. The van der Waals surface area contributed by atoms with Gasteiger partial charge in [-0.05, 0) is 47.1 Å². The summed E-state index contributed by atoms with van der Waals surface area (Å²) in [4.78, 5) is 11.2. The van der Waals surface area contributed by atoms with Crippen molar-refractivity contribution in [2.75, 3.05) is 5.32 Å². The SMILES string of the molecule is C=CC(=O)Nc1cc(-n2ncc(Br)c2C)ccc1F. The molecule has 1 aromatic heterocycles. The van der Waals surface area contributed by atoms with E-state index >= 15 is 0 Å². The van der Waals surface area contributed by atoms with Gasteiger partial charge in [0.25, 0.3) is 0 Å². The van der Waals surface area contributed by atoms with Gasteiger partial charge in [-0.3, -0.25) is 4.79 Å². The number of hydrogen-bond acceptors (Lipinski definition) is 2. The van der Waals surface area contributed by atoms with Gasteiger partial charge in [-0.25, -0.2) is 9.07 Å². The maximum absolute atomic E-state index is 13.6. The smallest absolute Gasteiger partial charge is 0.247 e. The minimum atomic E-state index is -0.511. The molecule has 98 valence electrons. The van der Waals surface area contributed by atoms with Crippen molar-refractivity contribution in [1.82, 2.24) is 9.78 Å². The number of aromatic nitrogens is 2. The summed E-state index contributed by atoms with van der Waals surface area (Å²) in [6.07, 6.45) is 2.74. The van der Waals surface area contributed by atoms with E-state index in [0.717, 1.165) is 16.2 Å². The molecule has 1 N–H and O–H groups in total. The van der Waals surface area contributed by atoms with Crippen LogP contribution in [0, 0.1) is 12.7 Å². The van der Waals surface area contributed by atoms with Crippen molar-refractivity contribution >= 4 is 27.5 Å². The molecule has 0 spiro atoms. The molecule has 4 nitrogen and oxygen atoms in total. The minimum Gasteiger partial charge on any atom is -0.320 e. The Kier molecular flexibility index (Phi) is 3.80. The summed E-state index contributed by atoms with van der Waals surface area (Å²) in [5.74, 6) is -0.975. The van der Waals surface area contributed by atoms with Gasteiger partial charge in [0, 0.05) is 0 Å². The van der Waals surface area contributed by atoms with E-state index in [2.05, 4.69) is 32.9 Å². The number of anilines is 1. The number of amides is 1. The molecule has 19 heavy (non-hydrogen) atoms. The average Bonchev–Trinajstić information content (AvgIpc) is 2.73. The van der Waals surface area contributed by atoms with Crippen LogP contribution in [0.15, 0.2) is 41.5 Å². The van der Waals surface area contributed by atoms with E-state index in [1.807, 2.05) is 6.92 Å². The Hall–Kier alpha value is -1.95. The summed E-state index contributed by atoms with van der Waals surface area (Å²) in [5.41, 5.74) is 1.63. The Morgan fingerprint density at radius 2 is 2.32 bits per heavy atom. The fourth-order valence-electron chi connectivity index (χ4n) is 1.57. The third-order valence-corrected chi connectivity index (χ3v) is 3.37. The normalized spacial score (nSPS) is 10.3. The first kappa shape index (κ1) is 13.5. The number of benzene rings is 1. The predicted octanol–water partition coefficient (Wildman–Crippen LogP) is 3.21. The Labute approximate surface area is 118 Å². The number of halogens is 2. The second-order valence-electron chi connectivity index (χ2n) is 3.85. The lowest BCUT2D eigenvalue weighted by Gasteiger charge is -2.09. The second kappa shape index (κ2) is 5.36. The van der Waals surface area contributed by atoms with E-state index < -0.39 is 11.7 Å². The Bertz CT molecular complexity index is 651. The summed E-state index contributed by atoms with van der Waals surface area (Å²) in [5, 5.41) is 6.58. The van der Waals surface area contributed by atoms with Gasteiger partial charge in [-0.1, -0.05) is 6.58 Å². The number of nitrogens with one attached hydrogen (secondary N) is 1. The maximum atomic E-state index is 13.6. The van der Waals surface area contributed by atoms with Gasteiger partial charge in [-0.15, -0.1) is 0 Å². The van der Waals surface area contributed by atoms with Crippen molar-refractivity contribution in [3.05, 3.63) is 53.0 Å². The molecule has 0 saturated heterocycles. The zero-order chi connectivity index (χ0) is 14.0. The lowest BCUT2D eigenvalue weighted by atomic mass is 10.2. The van der Waals surface area contributed by atoms with Crippen LogP contribution in [0.3, 0.4) is 0 Å². The fraction of sp³-hybridized carbons (Fsp3) is 0.0769. The van der Waals surface area contributed by atoms with Crippen molar-refractivity contribution in [2.45, 2.75) is 6.92 Å². The van der Waals surface area contributed by atoms with Gasteiger partial charge >= 0.3 is 0 Å². The molecular formula is C13H11BrFN3O. The van der Waals surface area contributed by atoms with Crippen molar-refractivity contribution in [3.8, 4) is 5.69 Å². The quantitative estimate of drug-likeness (QED) is 0.882. The zero-order valence-electron chi connectivity index (χ0n) is 10.2. The standard InChI is InChI=1S/C13H11BrFN3O/c1-3-13(19)17-12-6-9(4-5-11(12)15)18-8(2)10(14)7-16-18/h3-7H,1H2,2H3,(H,17,19). The molecule has 6 heteroatoms. The monoisotopic (exact) mass is 323 g/mol. The summed E-state index contributed by atoms with van der Waals surface area (Å²) in [7, 11) is 0. The second-order valence-corrected chi connectivity index (χ2v) is 4.70. The van der Waals surface area contributed by atoms with Crippen molar-refractivity contribution in [3.63, 3.8) is 0 Å². The van der Waals surface area contributed by atoms with E-state index in [4.69, 9.17) is 0 Å². The van der Waals surface area contributed by atoms with Gasteiger partial charge < -0.3 is 5.32 Å². The van der Waals surface area contributed by atoms with Crippen LogP contribution in [0.1, 0.15) is 5.69 Å². The number of rotatable bonds is 3. The van der Waals surface area contributed by atoms with Crippen LogP contribution in [-0.2, 0) is 4.79 Å². The van der Waals surface area contributed by atoms with E-state index in [0.29, 0.717) is 5.69 Å². The highest BCUT2D eigenvalue weighted by Crippen LogP contribution is 2.22. The highest BCUT2D eigenvalue weighted by molar-refractivity contribution is 9.10. The number of nitrogens with zero attached hydrogens (tertiary/aromatic N) is 2. The molecule has 1 heterocycles. The van der Waals surface area contributed by atoms with Crippen molar-refractivity contribution in [2.24, 2.45) is 0 Å². The van der Waals surface area contributed by atoms with Gasteiger partial charge in [-0.2, -0.15) is 5.10 Å². The van der Waals surface area contributed by atoms with E-state index in [1.54, 1.807) is 16.9 Å². The topological polar surface area (TPSA) is 46.9 Å². The van der Waals surface area contributed by atoms with Crippen molar-refractivity contribution in [1.29, 1.82) is 0 Å². The lowest BCUT2D eigenvalue weighted by molar-refractivity contribution is -0.111. The van der Waals surface area contributed by atoms with Crippen LogP contribution in [0.2, 0.25) is 0 Å². The van der Waals surface area contributed by atoms with Crippen molar-refractivity contribution < 1.29 is 9.18 Å². The highest BCUT2D eigenvalue weighted by atomic mass is 79.9. The molecule has 1 amide bonds. The first-order valence-corrected chi connectivity index (χ1v) is 6.25. The minimum absolute atomic E-state index is 0.0911. The third kappa shape index (κ3) is 2.73. The van der Waals surface area contributed by atoms with Gasteiger partial charge in [0.15, 0.2) is 0 Å². The lowest BCUT2D eigenvalue weighted by Crippen LogP contribution is -2.10. The molecular weight excluding hydrogens is 313 g/mol. The number of hydrogen-bond donors (Lipinski definition) is 1. The Morgan fingerprint density at radius 1 is 1.58 bits per heavy atom. The summed E-state index contributed by atoms with van der Waals surface area (Å²) >= 11 is 3.36. The van der Waals surface area contributed by atoms with E-state index in [1.165, 1.54) is 12.1 Å². The van der Waals surface area contributed by atoms with Crippen LogP contribution in [0.4, 0.5) is 10.1 Å². The van der Waals surface area contributed by atoms with E-state index in [9.17, 15) is 9.18 Å². The van der Waals surface area contributed by atoms with Crippen LogP contribution in [0.25, 0.3) is 5.69 Å². The summed E-state index contributed by atoms with van der Waals surface area (Å²) in [6, 6.07) is 4.39. The molecule has 0 aliphatic carbocycles. The summed E-state index contributed by atoms with van der Waals surface area (Å²) < 4.78 is 16.1. The Balaban J connectivity index is 2.43. The predicted molar refractivity (Wildman–Crippen MR) is 74.8 cm³/mol. The Morgan fingerprint density at radius 3 is 2.89 bits per heavy atom. The van der Waals surface area contributed by atoms with E-state index in [-0.39, 0.29) is 5.69 Å². The fourth-order valence-corrected chi connectivity index (χ4v) is 1.83. The highest BCUT2D eigenvalue weighted by Gasteiger charge is 2.10. The first-order valence-electron chi connectivity index (χ1n) is 5.46. The summed E-state index contributed by atoms with van der Waals surface area (Å²) in [6.45, 7) is 5.20. The average molecular weight is 324 g/mol. The first-order chi connectivity index (χ1) is 9.02. The molecule has 0 atom stereocenters. The number of carbonyl (C=O) groups is 1. The van der Waals surface area contributed by atoms with Crippen LogP contribution in [-0.4, -0.2) is 15.7 Å². The van der Waals surface area contributed by atoms with Crippen LogP contribution >= 0.6 is 15.9 Å². The molecule has 2 rings (SSSR count). The van der Waals surface area contributed by atoms with Gasteiger partial charge in [0.1, 0.15) is 5.82 Å². The molecule has 0 saturated carbocycles. The molecule has 0 aliphatic rings. The van der Waals surface area contributed by atoms with Crippen LogP contribution < -0.4 is 5.32 Å². The molecule has 0 unspecified atom stereocenters. The molecule has 2 aromatic rings.